The molecule has 0 spiro atoms. The zero-order chi connectivity index (χ0) is 11.7. The molecule has 90 valence electrons. The van der Waals surface area contributed by atoms with Gasteiger partial charge in [-0.2, -0.15) is 0 Å². The summed E-state index contributed by atoms with van der Waals surface area (Å²) in [6.07, 6.45) is 1.17. The van der Waals surface area contributed by atoms with Crippen LogP contribution >= 0.6 is 22.9 Å². The molecule has 2 aromatic rings. The van der Waals surface area contributed by atoms with Gasteiger partial charge in [-0.25, -0.2) is 0 Å². The van der Waals surface area contributed by atoms with Crippen LogP contribution in [0.15, 0.2) is 11.4 Å². The van der Waals surface area contributed by atoms with E-state index in [9.17, 15) is 0 Å². The molecule has 0 aliphatic carbocycles. The van der Waals surface area contributed by atoms with Gasteiger partial charge in [0.25, 0.3) is 0 Å². The Labute approximate surface area is 108 Å². The smallest absolute Gasteiger partial charge is 0.134 e. The van der Waals surface area contributed by atoms with Gasteiger partial charge in [0.1, 0.15) is 10.7 Å². The van der Waals surface area contributed by atoms with E-state index in [1.807, 2.05) is 18.4 Å². The van der Waals surface area contributed by atoms with Crippen molar-refractivity contribution < 1.29 is 0 Å². The van der Waals surface area contributed by atoms with Crippen molar-refractivity contribution in [2.75, 3.05) is 18.9 Å². The minimum atomic E-state index is 0.891. The van der Waals surface area contributed by atoms with Gasteiger partial charge >= 0.3 is 0 Å². The number of nitrogens with zero attached hydrogens (tertiary/aromatic N) is 3. The Morgan fingerprint density at radius 2 is 2.47 bits per heavy atom. The highest BCUT2D eigenvalue weighted by atomic mass is 32.1. The van der Waals surface area contributed by atoms with Gasteiger partial charge in [-0.3, -0.25) is 4.90 Å². The summed E-state index contributed by atoms with van der Waals surface area (Å²) >= 11 is 3.31. The van der Waals surface area contributed by atoms with E-state index in [0.717, 1.165) is 30.3 Å². The van der Waals surface area contributed by atoms with Gasteiger partial charge in [0, 0.05) is 43.1 Å². The van der Waals surface area contributed by atoms with Crippen LogP contribution in [0.25, 0.3) is 0 Å². The predicted octanol–water partition coefficient (Wildman–Crippen LogP) is 2.20. The second-order valence-electron chi connectivity index (χ2n) is 4.13. The first-order valence-corrected chi connectivity index (χ1v) is 7.28. The van der Waals surface area contributed by atoms with E-state index in [4.69, 9.17) is 0 Å². The lowest BCUT2D eigenvalue weighted by molar-refractivity contribution is 0.245. The molecule has 17 heavy (non-hydrogen) atoms. The number of anilines is 1. The summed E-state index contributed by atoms with van der Waals surface area (Å²) < 4.78 is 4.00. The van der Waals surface area contributed by atoms with Crippen molar-refractivity contribution in [1.29, 1.82) is 0 Å². The van der Waals surface area contributed by atoms with E-state index in [1.54, 1.807) is 4.88 Å². The standard InChI is InChI=1S/C11H14N4S2/c1-12-11-9(13-14-17-11)7-15-4-2-10-8(6-15)3-5-16-10/h3,5,12H,2,4,6-7H2,1H3. The van der Waals surface area contributed by atoms with Crippen molar-refractivity contribution in [3.8, 4) is 0 Å². The van der Waals surface area contributed by atoms with Crippen LogP contribution in [0.4, 0.5) is 5.00 Å². The highest BCUT2D eigenvalue weighted by Gasteiger charge is 2.19. The van der Waals surface area contributed by atoms with Crippen molar-refractivity contribution in [2.24, 2.45) is 0 Å². The molecular weight excluding hydrogens is 252 g/mol. The third-order valence-electron chi connectivity index (χ3n) is 3.04. The summed E-state index contributed by atoms with van der Waals surface area (Å²) in [5.74, 6) is 0. The molecule has 1 N–H and O–H groups in total. The Morgan fingerprint density at radius 3 is 3.35 bits per heavy atom. The van der Waals surface area contributed by atoms with E-state index in [2.05, 4.69) is 31.3 Å². The van der Waals surface area contributed by atoms with Crippen LogP contribution in [0.3, 0.4) is 0 Å². The molecule has 1 aliphatic heterocycles. The largest absolute Gasteiger partial charge is 0.377 e. The predicted molar refractivity (Wildman–Crippen MR) is 71.6 cm³/mol. The maximum atomic E-state index is 4.19. The quantitative estimate of drug-likeness (QED) is 0.924. The van der Waals surface area contributed by atoms with Crippen LogP contribution in [-0.4, -0.2) is 28.1 Å². The molecule has 2 aromatic heterocycles. The average molecular weight is 266 g/mol. The molecule has 0 unspecified atom stereocenters. The van der Waals surface area contributed by atoms with Gasteiger partial charge in [0.05, 0.1) is 0 Å². The fraction of sp³-hybridized carbons (Fsp3) is 0.455. The van der Waals surface area contributed by atoms with E-state index in [-0.39, 0.29) is 0 Å². The molecule has 0 bridgehead atoms. The molecule has 4 nitrogen and oxygen atoms in total. The number of nitrogens with one attached hydrogen (secondary N) is 1. The monoisotopic (exact) mass is 266 g/mol. The van der Waals surface area contributed by atoms with Crippen molar-refractivity contribution >= 4 is 27.9 Å². The number of thiophene rings is 1. The third kappa shape index (κ3) is 2.20. The summed E-state index contributed by atoms with van der Waals surface area (Å²) in [4.78, 5) is 3.98. The minimum Gasteiger partial charge on any atom is -0.377 e. The maximum absolute atomic E-state index is 4.19. The summed E-state index contributed by atoms with van der Waals surface area (Å²) in [6.45, 7) is 3.05. The third-order valence-corrected chi connectivity index (χ3v) is 4.85. The Balaban J connectivity index is 1.72. The molecule has 0 aromatic carbocycles. The lowest BCUT2D eigenvalue weighted by Crippen LogP contribution is -2.29. The molecule has 3 rings (SSSR count). The fourth-order valence-corrected chi connectivity index (χ4v) is 3.57. The summed E-state index contributed by atoms with van der Waals surface area (Å²) in [5, 5.41) is 10.6. The van der Waals surface area contributed by atoms with Gasteiger partial charge in [0.2, 0.25) is 0 Å². The van der Waals surface area contributed by atoms with E-state index in [1.165, 1.54) is 23.5 Å². The molecule has 0 amide bonds. The minimum absolute atomic E-state index is 0.891. The lowest BCUT2D eigenvalue weighted by atomic mass is 10.1. The molecular formula is C11H14N4S2. The molecule has 6 heteroatoms. The zero-order valence-corrected chi connectivity index (χ0v) is 11.3. The van der Waals surface area contributed by atoms with Crippen molar-refractivity contribution in [3.05, 3.63) is 27.6 Å². The van der Waals surface area contributed by atoms with E-state index >= 15 is 0 Å². The Hall–Kier alpha value is -0.980. The van der Waals surface area contributed by atoms with Crippen LogP contribution in [0.1, 0.15) is 16.1 Å². The molecule has 1 aliphatic rings. The molecule has 0 saturated heterocycles. The summed E-state index contributed by atoms with van der Waals surface area (Å²) in [6, 6.07) is 2.24. The van der Waals surface area contributed by atoms with Crippen molar-refractivity contribution in [3.63, 3.8) is 0 Å². The van der Waals surface area contributed by atoms with Crippen molar-refractivity contribution in [2.45, 2.75) is 19.5 Å². The Kier molecular flexibility index (Phi) is 3.09. The summed E-state index contributed by atoms with van der Waals surface area (Å²) in [5.41, 5.74) is 2.55. The first-order valence-electron chi connectivity index (χ1n) is 5.63. The maximum Gasteiger partial charge on any atom is 0.134 e. The normalized spacial score (nSPS) is 15.8. The molecule has 0 fully saturated rings. The van der Waals surface area contributed by atoms with Crippen LogP contribution in [-0.2, 0) is 19.5 Å². The van der Waals surface area contributed by atoms with Crippen molar-refractivity contribution in [1.82, 2.24) is 14.5 Å². The second-order valence-corrected chi connectivity index (χ2v) is 5.88. The Morgan fingerprint density at radius 1 is 1.53 bits per heavy atom. The molecule has 3 heterocycles. The topological polar surface area (TPSA) is 41.1 Å². The van der Waals surface area contributed by atoms with E-state index < -0.39 is 0 Å². The van der Waals surface area contributed by atoms with Gasteiger partial charge in [0.15, 0.2) is 0 Å². The molecule has 0 radical (unpaired) electrons. The second kappa shape index (κ2) is 4.72. The molecule has 0 atom stereocenters. The van der Waals surface area contributed by atoms with Crippen LogP contribution in [0.2, 0.25) is 0 Å². The first kappa shape index (κ1) is 11.1. The number of aromatic nitrogens is 2. The Bertz CT molecular complexity index is 505. The number of rotatable bonds is 3. The van der Waals surface area contributed by atoms with Crippen LogP contribution in [0.5, 0.6) is 0 Å². The van der Waals surface area contributed by atoms with E-state index in [0.29, 0.717) is 0 Å². The zero-order valence-electron chi connectivity index (χ0n) is 9.64. The fourth-order valence-electron chi connectivity index (χ4n) is 2.16. The van der Waals surface area contributed by atoms with Gasteiger partial charge < -0.3 is 5.32 Å². The average Bonchev–Trinajstić information content (AvgIpc) is 2.96. The highest BCUT2D eigenvalue weighted by molar-refractivity contribution is 7.10. The van der Waals surface area contributed by atoms with Gasteiger partial charge in [-0.05, 0) is 23.4 Å². The van der Waals surface area contributed by atoms with Crippen LogP contribution < -0.4 is 5.32 Å². The highest BCUT2D eigenvalue weighted by Crippen LogP contribution is 2.26. The SMILES string of the molecule is CNc1snnc1CN1CCc2sccc2C1. The number of hydrogen-bond acceptors (Lipinski definition) is 6. The van der Waals surface area contributed by atoms with Gasteiger partial charge in [-0.1, -0.05) is 4.49 Å². The lowest BCUT2D eigenvalue weighted by Gasteiger charge is -2.26. The number of fused-ring (bicyclic) bond motifs is 1. The molecule has 0 saturated carbocycles. The van der Waals surface area contributed by atoms with Gasteiger partial charge in [-0.15, -0.1) is 16.4 Å². The first-order chi connectivity index (χ1) is 8.36. The van der Waals surface area contributed by atoms with Crippen LogP contribution in [0, 0.1) is 0 Å². The number of hydrogen-bond donors (Lipinski definition) is 1. The summed E-state index contributed by atoms with van der Waals surface area (Å²) in [7, 11) is 1.92.